The molecule has 0 aliphatic rings. The van der Waals surface area contributed by atoms with E-state index in [9.17, 15) is 4.39 Å². The van der Waals surface area contributed by atoms with E-state index in [1.54, 1.807) is 19.1 Å². The minimum atomic E-state index is -0.297. The summed E-state index contributed by atoms with van der Waals surface area (Å²) in [5.74, 6) is 0.279. The van der Waals surface area contributed by atoms with Crippen molar-refractivity contribution >= 4 is 18.2 Å². The zero-order chi connectivity index (χ0) is 11.7. The van der Waals surface area contributed by atoms with Gasteiger partial charge in [-0.15, -0.1) is 0 Å². The zero-order valence-electron chi connectivity index (χ0n) is 8.49. The number of nitrogens with zero attached hydrogens (tertiary/aromatic N) is 2. The first-order chi connectivity index (χ1) is 7.56. The SMILES string of the molecule is Cc1ccc(-c2nc(=S)nc(N)[nH]2)cc1F. The third-order valence-corrected chi connectivity index (χ3v) is 2.30. The lowest BCUT2D eigenvalue weighted by molar-refractivity contribution is 0.619. The smallest absolute Gasteiger partial charge is 0.224 e. The molecule has 0 bridgehead atoms. The number of halogens is 1. The minimum absolute atomic E-state index is 0.132. The van der Waals surface area contributed by atoms with Crippen LogP contribution in [-0.4, -0.2) is 15.0 Å². The van der Waals surface area contributed by atoms with Crippen molar-refractivity contribution < 1.29 is 4.39 Å². The van der Waals surface area contributed by atoms with Crippen LogP contribution in [0.1, 0.15) is 5.56 Å². The predicted octanol–water partition coefficient (Wildman–Crippen LogP) is 2.23. The molecule has 0 amide bonds. The Morgan fingerprint density at radius 2 is 2.12 bits per heavy atom. The van der Waals surface area contributed by atoms with Gasteiger partial charge in [0.05, 0.1) is 0 Å². The van der Waals surface area contributed by atoms with Crippen LogP contribution in [0.4, 0.5) is 10.3 Å². The molecule has 16 heavy (non-hydrogen) atoms. The minimum Gasteiger partial charge on any atom is -0.369 e. The summed E-state index contributed by atoms with van der Waals surface area (Å²) in [5, 5.41) is 0. The van der Waals surface area contributed by atoms with E-state index in [-0.39, 0.29) is 16.5 Å². The molecule has 4 nitrogen and oxygen atoms in total. The van der Waals surface area contributed by atoms with Crippen LogP contribution in [0.25, 0.3) is 11.4 Å². The maximum Gasteiger partial charge on any atom is 0.224 e. The number of H-pyrrole nitrogens is 1. The molecular formula is C10H9FN4S. The van der Waals surface area contributed by atoms with E-state index < -0.39 is 0 Å². The van der Waals surface area contributed by atoms with Crippen LogP contribution in [0, 0.1) is 17.5 Å². The number of anilines is 1. The van der Waals surface area contributed by atoms with E-state index in [0.29, 0.717) is 17.0 Å². The Labute approximate surface area is 96.4 Å². The van der Waals surface area contributed by atoms with Gasteiger partial charge in [0.1, 0.15) is 11.6 Å². The molecule has 0 atom stereocenters. The molecule has 0 radical (unpaired) electrons. The normalized spacial score (nSPS) is 10.4. The summed E-state index contributed by atoms with van der Waals surface area (Å²) in [6.45, 7) is 1.69. The van der Waals surface area contributed by atoms with Gasteiger partial charge in [-0.3, -0.25) is 0 Å². The summed E-state index contributed by atoms with van der Waals surface area (Å²) in [6.07, 6.45) is 0. The Bertz CT molecular complexity index is 594. The molecule has 2 rings (SSSR count). The second kappa shape index (κ2) is 3.97. The summed E-state index contributed by atoms with van der Waals surface area (Å²) >= 11 is 4.83. The van der Waals surface area contributed by atoms with E-state index >= 15 is 0 Å². The lowest BCUT2D eigenvalue weighted by atomic mass is 10.1. The number of nitrogens with two attached hydrogens (primary N) is 1. The van der Waals surface area contributed by atoms with Gasteiger partial charge in [0.15, 0.2) is 0 Å². The molecule has 0 saturated carbocycles. The third-order valence-electron chi connectivity index (χ3n) is 2.12. The number of nitrogen functional groups attached to an aromatic ring is 1. The molecule has 1 aromatic heterocycles. The van der Waals surface area contributed by atoms with Crippen molar-refractivity contribution in [3.05, 3.63) is 34.4 Å². The Balaban J connectivity index is 2.58. The number of rotatable bonds is 1. The molecular weight excluding hydrogens is 227 g/mol. The number of benzene rings is 1. The summed E-state index contributed by atoms with van der Waals surface area (Å²) in [5.41, 5.74) is 6.66. The number of aromatic amines is 1. The fourth-order valence-corrected chi connectivity index (χ4v) is 1.47. The zero-order valence-corrected chi connectivity index (χ0v) is 9.31. The first kappa shape index (κ1) is 10.7. The van der Waals surface area contributed by atoms with Crippen molar-refractivity contribution in [2.75, 3.05) is 5.73 Å². The predicted molar refractivity (Wildman–Crippen MR) is 61.8 cm³/mol. The van der Waals surface area contributed by atoms with Gasteiger partial charge in [0.2, 0.25) is 10.7 Å². The van der Waals surface area contributed by atoms with Crippen LogP contribution in [0.15, 0.2) is 18.2 Å². The maximum absolute atomic E-state index is 13.4. The van der Waals surface area contributed by atoms with Crippen molar-refractivity contribution in [2.45, 2.75) is 6.92 Å². The van der Waals surface area contributed by atoms with Crippen LogP contribution in [0.2, 0.25) is 0 Å². The summed E-state index contributed by atoms with van der Waals surface area (Å²) in [6, 6.07) is 4.79. The Morgan fingerprint density at radius 1 is 1.38 bits per heavy atom. The molecule has 6 heteroatoms. The Morgan fingerprint density at radius 3 is 2.75 bits per heavy atom. The van der Waals surface area contributed by atoms with E-state index in [4.69, 9.17) is 18.0 Å². The fraction of sp³-hybridized carbons (Fsp3) is 0.100. The average molecular weight is 236 g/mol. The lowest BCUT2D eigenvalue weighted by Gasteiger charge is -2.03. The molecule has 82 valence electrons. The van der Waals surface area contributed by atoms with Gasteiger partial charge >= 0.3 is 0 Å². The highest BCUT2D eigenvalue weighted by Crippen LogP contribution is 2.18. The van der Waals surface area contributed by atoms with Crippen LogP contribution in [-0.2, 0) is 0 Å². The third kappa shape index (κ3) is 2.06. The molecule has 1 aromatic carbocycles. The molecule has 0 fully saturated rings. The maximum atomic E-state index is 13.4. The molecule has 0 aliphatic carbocycles. The standard InChI is InChI=1S/C10H9FN4S/c1-5-2-3-6(4-7(5)11)8-13-9(12)15-10(16)14-8/h2-4H,1H3,(H3,12,13,14,15,16). The quantitative estimate of drug-likeness (QED) is 0.745. The second-order valence-electron chi connectivity index (χ2n) is 3.33. The summed E-state index contributed by atoms with van der Waals surface area (Å²) < 4.78 is 13.5. The molecule has 3 N–H and O–H groups in total. The number of hydrogen-bond donors (Lipinski definition) is 2. The molecule has 2 aromatic rings. The average Bonchev–Trinajstić information content (AvgIpc) is 2.20. The summed E-state index contributed by atoms with van der Waals surface area (Å²) in [4.78, 5) is 10.4. The van der Waals surface area contributed by atoms with Crippen LogP contribution in [0.3, 0.4) is 0 Å². The highest BCUT2D eigenvalue weighted by atomic mass is 32.1. The van der Waals surface area contributed by atoms with Crippen molar-refractivity contribution in [3.63, 3.8) is 0 Å². The van der Waals surface area contributed by atoms with Gasteiger partial charge in [-0.2, -0.15) is 4.98 Å². The number of nitrogens with one attached hydrogen (secondary N) is 1. The van der Waals surface area contributed by atoms with Gasteiger partial charge in [0.25, 0.3) is 0 Å². The monoisotopic (exact) mass is 236 g/mol. The molecule has 0 unspecified atom stereocenters. The fourth-order valence-electron chi connectivity index (χ4n) is 1.28. The molecule has 0 spiro atoms. The van der Waals surface area contributed by atoms with Gasteiger partial charge in [-0.25, -0.2) is 9.37 Å². The van der Waals surface area contributed by atoms with Gasteiger partial charge in [-0.05, 0) is 30.8 Å². The Hall–Kier alpha value is -1.82. The number of aromatic nitrogens is 3. The first-order valence-electron chi connectivity index (χ1n) is 4.56. The lowest BCUT2D eigenvalue weighted by Crippen LogP contribution is -2.00. The second-order valence-corrected chi connectivity index (χ2v) is 3.69. The van der Waals surface area contributed by atoms with E-state index in [1.807, 2.05) is 0 Å². The topological polar surface area (TPSA) is 67.6 Å². The van der Waals surface area contributed by atoms with E-state index in [1.165, 1.54) is 6.07 Å². The van der Waals surface area contributed by atoms with Crippen LogP contribution < -0.4 is 5.73 Å². The van der Waals surface area contributed by atoms with Gasteiger partial charge in [0, 0.05) is 5.56 Å². The highest BCUT2D eigenvalue weighted by molar-refractivity contribution is 7.71. The number of hydrogen-bond acceptors (Lipinski definition) is 4. The van der Waals surface area contributed by atoms with Gasteiger partial charge in [-0.1, -0.05) is 12.1 Å². The van der Waals surface area contributed by atoms with Crippen LogP contribution >= 0.6 is 12.2 Å². The van der Waals surface area contributed by atoms with Crippen molar-refractivity contribution in [3.8, 4) is 11.4 Å². The largest absolute Gasteiger partial charge is 0.369 e. The van der Waals surface area contributed by atoms with Crippen molar-refractivity contribution in [1.29, 1.82) is 0 Å². The summed E-state index contributed by atoms with van der Waals surface area (Å²) in [7, 11) is 0. The number of aryl methyl sites for hydroxylation is 1. The van der Waals surface area contributed by atoms with E-state index in [2.05, 4.69) is 15.0 Å². The molecule has 1 heterocycles. The van der Waals surface area contributed by atoms with Gasteiger partial charge < -0.3 is 10.7 Å². The van der Waals surface area contributed by atoms with Crippen molar-refractivity contribution in [1.82, 2.24) is 15.0 Å². The first-order valence-corrected chi connectivity index (χ1v) is 4.97. The van der Waals surface area contributed by atoms with E-state index in [0.717, 1.165) is 0 Å². The van der Waals surface area contributed by atoms with Crippen LogP contribution in [0.5, 0.6) is 0 Å². The molecule has 0 aliphatic heterocycles. The molecule has 0 saturated heterocycles. The highest BCUT2D eigenvalue weighted by Gasteiger charge is 2.04. The van der Waals surface area contributed by atoms with Crippen molar-refractivity contribution in [2.24, 2.45) is 0 Å². The Kier molecular flexibility index (Phi) is 2.66.